The number of benzene rings is 1. The van der Waals surface area contributed by atoms with E-state index in [0.717, 1.165) is 5.69 Å². The molecule has 27 heavy (non-hydrogen) atoms. The van der Waals surface area contributed by atoms with Crippen molar-refractivity contribution in [1.82, 2.24) is 5.32 Å². The van der Waals surface area contributed by atoms with Crippen LogP contribution in [-0.4, -0.2) is 65.5 Å². The van der Waals surface area contributed by atoms with Crippen molar-refractivity contribution in [3.63, 3.8) is 0 Å². The average Bonchev–Trinajstić information content (AvgIpc) is 3.00. The van der Waals surface area contributed by atoms with Gasteiger partial charge in [0.2, 0.25) is 0 Å². The predicted octanol–water partition coefficient (Wildman–Crippen LogP) is 2.06. The van der Waals surface area contributed by atoms with Crippen LogP contribution in [0.15, 0.2) is 24.3 Å². The van der Waals surface area contributed by atoms with Crippen molar-refractivity contribution in [1.29, 1.82) is 4.78 Å². The second-order valence-electron chi connectivity index (χ2n) is 6.39. The van der Waals surface area contributed by atoms with Gasteiger partial charge in [0.15, 0.2) is 0 Å². The van der Waals surface area contributed by atoms with Gasteiger partial charge in [-0.1, -0.05) is 12.2 Å². The monoisotopic (exact) mass is 418 g/mol. The van der Waals surface area contributed by atoms with Crippen LogP contribution in [0.3, 0.4) is 0 Å². The number of nitrogens with one attached hydrogen (secondary N) is 2. The van der Waals surface area contributed by atoms with Crippen molar-refractivity contribution in [2.45, 2.75) is 12.5 Å². The van der Waals surface area contributed by atoms with E-state index in [1.165, 1.54) is 4.90 Å². The van der Waals surface area contributed by atoms with E-state index in [1.807, 2.05) is 12.1 Å². The number of cyclic esters (lactones) is 1. The number of ether oxygens (including phenoxy) is 1. The fraction of sp³-hybridized carbons (Fsp3) is 0.500. The second kappa shape index (κ2) is 7.93. The smallest absolute Gasteiger partial charge is 0.414 e. The molecular formula is C16H20F2N4O3S2. The number of hydrogen-bond donors (Lipinski definition) is 2. The van der Waals surface area contributed by atoms with Gasteiger partial charge in [0.05, 0.1) is 13.1 Å². The lowest BCUT2D eigenvalue weighted by atomic mass is 10.2. The second-order valence-corrected chi connectivity index (χ2v) is 9.27. The molecule has 0 spiro atoms. The number of carbonyl (C=O) groups is 1. The van der Waals surface area contributed by atoms with Gasteiger partial charge in [-0.15, -0.1) is 0 Å². The van der Waals surface area contributed by atoms with Crippen molar-refractivity contribution in [3.05, 3.63) is 24.3 Å². The van der Waals surface area contributed by atoms with Crippen LogP contribution in [0.2, 0.25) is 0 Å². The number of amides is 1. The summed E-state index contributed by atoms with van der Waals surface area (Å²) in [5, 5.41) is 2.41. The van der Waals surface area contributed by atoms with Crippen molar-refractivity contribution >= 4 is 44.4 Å². The molecule has 1 atom stereocenters. The van der Waals surface area contributed by atoms with E-state index in [4.69, 9.17) is 9.52 Å². The quantitative estimate of drug-likeness (QED) is 0.712. The van der Waals surface area contributed by atoms with Crippen LogP contribution < -0.4 is 15.1 Å². The number of alkyl halides is 2. The van der Waals surface area contributed by atoms with Crippen molar-refractivity contribution < 1.29 is 22.5 Å². The van der Waals surface area contributed by atoms with E-state index in [0.29, 0.717) is 30.3 Å². The molecule has 0 radical (unpaired) electrons. The van der Waals surface area contributed by atoms with E-state index >= 15 is 0 Å². The molecule has 2 fully saturated rings. The normalized spacial score (nSPS) is 22.0. The van der Waals surface area contributed by atoms with Crippen molar-refractivity contribution in [2.75, 3.05) is 47.5 Å². The minimum atomic E-state index is -2.74. The van der Waals surface area contributed by atoms with Gasteiger partial charge in [-0.2, -0.15) is 0 Å². The van der Waals surface area contributed by atoms with Gasteiger partial charge in [0, 0.05) is 45.7 Å². The number of rotatable bonds is 5. The Bertz CT molecular complexity index is 803. The molecule has 2 N–H and O–H groups in total. The van der Waals surface area contributed by atoms with Crippen LogP contribution in [-0.2, 0) is 14.5 Å². The lowest BCUT2D eigenvalue weighted by Crippen LogP contribution is -2.39. The number of anilines is 2. The zero-order chi connectivity index (χ0) is 19.6. The van der Waals surface area contributed by atoms with Crippen LogP contribution in [0.25, 0.3) is 0 Å². The molecule has 0 unspecified atom stereocenters. The number of nitrogens with zero attached hydrogens (tertiary/aromatic N) is 2. The summed E-state index contributed by atoms with van der Waals surface area (Å²) >= 11 is 4.51. The fourth-order valence-corrected chi connectivity index (χ4v) is 4.28. The standard InChI is InChI=1S/C16H20F2N4O3S2/c17-14(18)15(26)20-9-13-10-22(16(23)25-13)12-3-1-11(2-4-12)21-5-7-27(19,24)8-6-21/h1-4,13-14,19H,5-10H2,(H,20,26)/t13-/m0/s1. The topological polar surface area (TPSA) is 85.7 Å². The average molecular weight is 418 g/mol. The molecule has 2 aliphatic rings. The first kappa shape index (κ1) is 19.7. The molecule has 2 saturated heterocycles. The summed E-state index contributed by atoms with van der Waals surface area (Å²) < 4.78 is 49.4. The summed E-state index contributed by atoms with van der Waals surface area (Å²) in [6, 6.07) is 7.28. The zero-order valence-electron chi connectivity index (χ0n) is 14.4. The van der Waals surface area contributed by atoms with Crippen LogP contribution >= 0.6 is 12.2 Å². The molecular weight excluding hydrogens is 398 g/mol. The molecule has 1 amide bonds. The molecule has 148 valence electrons. The maximum atomic E-state index is 12.4. The summed E-state index contributed by atoms with van der Waals surface area (Å²) in [6.45, 7) is 1.39. The first-order chi connectivity index (χ1) is 12.7. The molecule has 0 aromatic heterocycles. The number of thiocarbonyl (C=S) groups is 1. The Balaban J connectivity index is 1.58. The number of halogens is 2. The lowest BCUT2D eigenvalue weighted by molar-refractivity contribution is 0.142. The van der Waals surface area contributed by atoms with E-state index in [9.17, 15) is 17.8 Å². The van der Waals surface area contributed by atoms with Gasteiger partial charge in [-0.25, -0.2) is 17.8 Å². The van der Waals surface area contributed by atoms with E-state index in [1.54, 1.807) is 12.1 Å². The van der Waals surface area contributed by atoms with Crippen molar-refractivity contribution in [2.24, 2.45) is 0 Å². The number of hydrogen-bond acceptors (Lipinski definition) is 6. The Labute approximate surface area is 161 Å². The molecule has 0 saturated carbocycles. The van der Waals surface area contributed by atoms with Crippen LogP contribution in [0.5, 0.6) is 0 Å². The minimum Gasteiger partial charge on any atom is -0.442 e. The lowest BCUT2D eigenvalue weighted by Gasteiger charge is -2.30. The largest absolute Gasteiger partial charge is 0.442 e. The maximum absolute atomic E-state index is 12.4. The fourth-order valence-electron chi connectivity index (χ4n) is 2.96. The minimum absolute atomic E-state index is 0.0314. The highest BCUT2D eigenvalue weighted by Crippen LogP contribution is 2.25. The molecule has 1 aromatic carbocycles. The molecule has 11 heteroatoms. The van der Waals surface area contributed by atoms with Gasteiger partial charge in [0.1, 0.15) is 11.1 Å². The third kappa shape index (κ3) is 4.83. The first-order valence-electron chi connectivity index (χ1n) is 8.38. The van der Waals surface area contributed by atoms with Gasteiger partial charge in [-0.3, -0.25) is 9.68 Å². The van der Waals surface area contributed by atoms with Crippen LogP contribution in [0, 0.1) is 4.78 Å². The summed E-state index contributed by atoms with van der Waals surface area (Å²) in [7, 11) is -2.45. The highest BCUT2D eigenvalue weighted by Gasteiger charge is 2.32. The summed E-state index contributed by atoms with van der Waals surface area (Å²) in [6.07, 6.45) is -3.84. The van der Waals surface area contributed by atoms with Crippen LogP contribution in [0.1, 0.15) is 0 Å². The summed E-state index contributed by atoms with van der Waals surface area (Å²) in [5.74, 6) is 0.699. The summed E-state index contributed by atoms with van der Waals surface area (Å²) in [5.41, 5.74) is 1.57. The molecule has 1 aromatic rings. The molecule has 2 heterocycles. The Morgan fingerprint density at radius 3 is 2.48 bits per heavy atom. The third-order valence-electron chi connectivity index (χ3n) is 4.48. The SMILES string of the molecule is N=S1(=O)CCN(c2ccc(N3C[C@H](CNC(=S)C(F)F)OC3=O)cc2)CC1. The highest BCUT2D eigenvalue weighted by atomic mass is 32.2. The van der Waals surface area contributed by atoms with E-state index in [-0.39, 0.29) is 13.1 Å². The summed E-state index contributed by atoms with van der Waals surface area (Å²) in [4.78, 5) is 15.0. The maximum Gasteiger partial charge on any atom is 0.414 e. The Morgan fingerprint density at radius 1 is 1.30 bits per heavy atom. The first-order valence-corrected chi connectivity index (χ1v) is 10.7. The van der Waals surface area contributed by atoms with E-state index in [2.05, 4.69) is 22.4 Å². The molecule has 7 nitrogen and oxygen atoms in total. The zero-order valence-corrected chi connectivity index (χ0v) is 16.0. The van der Waals surface area contributed by atoms with Gasteiger partial charge < -0.3 is 15.0 Å². The number of carbonyl (C=O) groups excluding carboxylic acids is 1. The molecule has 0 aliphatic carbocycles. The van der Waals surface area contributed by atoms with Gasteiger partial charge >= 0.3 is 6.09 Å². The Morgan fingerprint density at radius 2 is 1.89 bits per heavy atom. The van der Waals surface area contributed by atoms with E-state index < -0.39 is 33.3 Å². The van der Waals surface area contributed by atoms with Crippen molar-refractivity contribution in [3.8, 4) is 0 Å². The van der Waals surface area contributed by atoms with Gasteiger partial charge in [-0.05, 0) is 24.3 Å². The highest BCUT2D eigenvalue weighted by molar-refractivity contribution is 7.92. The van der Waals surface area contributed by atoms with Gasteiger partial charge in [0.25, 0.3) is 6.43 Å². The Hall–Kier alpha value is -2.01. The third-order valence-corrected chi connectivity index (χ3v) is 6.49. The molecule has 2 aliphatic heterocycles. The predicted molar refractivity (Wildman–Crippen MR) is 103 cm³/mol. The molecule has 3 rings (SSSR count). The molecule has 0 bridgehead atoms. The van der Waals surface area contributed by atoms with Crippen LogP contribution in [0.4, 0.5) is 25.0 Å². The Kier molecular flexibility index (Phi) is 5.80.